The van der Waals surface area contributed by atoms with E-state index < -0.39 is 5.97 Å². The van der Waals surface area contributed by atoms with Crippen LogP contribution in [0.5, 0.6) is 0 Å². The maximum absolute atomic E-state index is 10.8. The normalized spacial score (nSPS) is 17.2. The molecule has 0 unspecified atom stereocenters. The van der Waals surface area contributed by atoms with Gasteiger partial charge in [-0.05, 0) is 18.3 Å². The van der Waals surface area contributed by atoms with E-state index in [2.05, 4.69) is 10.2 Å². The van der Waals surface area contributed by atoms with E-state index in [-0.39, 0.29) is 11.8 Å². The molecule has 0 radical (unpaired) electrons. The van der Waals surface area contributed by atoms with Gasteiger partial charge in [-0.1, -0.05) is 26.7 Å². The van der Waals surface area contributed by atoms with Gasteiger partial charge in [0.1, 0.15) is 0 Å². The summed E-state index contributed by atoms with van der Waals surface area (Å²) < 4.78 is 5.67. The summed E-state index contributed by atoms with van der Waals surface area (Å²) in [6.07, 6.45) is 5.33. The maximum atomic E-state index is 10.8. The van der Waals surface area contributed by atoms with E-state index in [0.29, 0.717) is 18.2 Å². The van der Waals surface area contributed by atoms with Gasteiger partial charge in [-0.25, -0.2) is 0 Å². The second-order valence-corrected chi connectivity index (χ2v) is 5.93. The molecule has 0 spiro atoms. The SMILES string of the molecule is CC(C)(CC(=O)O)Cc1nnc(C2CCCC2)o1. The molecule has 1 aliphatic rings. The van der Waals surface area contributed by atoms with Crippen LogP contribution in [0.1, 0.15) is 63.7 Å². The lowest BCUT2D eigenvalue weighted by Gasteiger charge is -2.19. The molecular formula is C13H20N2O3. The highest BCUT2D eigenvalue weighted by Gasteiger charge is 2.27. The van der Waals surface area contributed by atoms with Crippen LogP contribution in [0.25, 0.3) is 0 Å². The Morgan fingerprint density at radius 2 is 2.06 bits per heavy atom. The summed E-state index contributed by atoms with van der Waals surface area (Å²) in [5.41, 5.74) is -0.356. The van der Waals surface area contributed by atoms with Gasteiger partial charge >= 0.3 is 5.97 Å². The Hall–Kier alpha value is -1.39. The van der Waals surface area contributed by atoms with E-state index >= 15 is 0 Å². The molecule has 1 fully saturated rings. The number of aromatic nitrogens is 2. The average molecular weight is 252 g/mol. The largest absolute Gasteiger partial charge is 0.481 e. The Labute approximate surface area is 107 Å². The third-order valence-corrected chi connectivity index (χ3v) is 3.45. The number of hydrogen-bond donors (Lipinski definition) is 1. The first-order valence-corrected chi connectivity index (χ1v) is 6.50. The van der Waals surface area contributed by atoms with Crippen LogP contribution in [-0.2, 0) is 11.2 Å². The van der Waals surface area contributed by atoms with Crippen molar-refractivity contribution in [1.29, 1.82) is 0 Å². The summed E-state index contributed by atoms with van der Waals surface area (Å²) in [5.74, 6) is 0.904. The fraction of sp³-hybridized carbons (Fsp3) is 0.769. The lowest BCUT2D eigenvalue weighted by Crippen LogP contribution is -2.19. The second kappa shape index (κ2) is 5.08. The van der Waals surface area contributed by atoms with Crippen LogP contribution >= 0.6 is 0 Å². The van der Waals surface area contributed by atoms with Gasteiger partial charge in [0.05, 0.1) is 6.42 Å². The van der Waals surface area contributed by atoms with Crippen molar-refractivity contribution < 1.29 is 14.3 Å². The maximum Gasteiger partial charge on any atom is 0.303 e. The fourth-order valence-corrected chi connectivity index (χ4v) is 2.56. The molecule has 1 aromatic rings. The third-order valence-electron chi connectivity index (χ3n) is 3.45. The zero-order valence-electron chi connectivity index (χ0n) is 11.0. The predicted molar refractivity (Wildman–Crippen MR) is 65.2 cm³/mol. The van der Waals surface area contributed by atoms with E-state index in [1.54, 1.807) is 0 Å². The van der Waals surface area contributed by atoms with Crippen molar-refractivity contribution in [3.8, 4) is 0 Å². The third kappa shape index (κ3) is 3.31. The van der Waals surface area contributed by atoms with E-state index in [0.717, 1.165) is 18.7 Å². The summed E-state index contributed by atoms with van der Waals surface area (Å²) in [4.78, 5) is 10.8. The second-order valence-electron chi connectivity index (χ2n) is 5.93. The molecule has 1 aliphatic carbocycles. The highest BCUT2D eigenvalue weighted by Crippen LogP contribution is 2.34. The summed E-state index contributed by atoms with van der Waals surface area (Å²) in [7, 11) is 0. The van der Waals surface area contributed by atoms with E-state index in [4.69, 9.17) is 9.52 Å². The molecule has 0 bridgehead atoms. The molecule has 5 heteroatoms. The number of aliphatic carboxylic acids is 1. The predicted octanol–water partition coefficient (Wildman–Crippen LogP) is 2.77. The lowest BCUT2D eigenvalue weighted by atomic mass is 9.86. The van der Waals surface area contributed by atoms with Crippen LogP contribution in [0.4, 0.5) is 0 Å². The molecule has 0 aliphatic heterocycles. The number of carboxylic acid groups (broad SMARTS) is 1. The fourth-order valence-electron chi connectivity index (χ4n) is 2.56. The Kier molecular flexibility index (Phi) is 3.68. The van der Waals surface area contributed by atoms with E-state index in [1.165, 1.54) is 12.8 Å². The highest BCUT2D eigenvalue weighted by atomic mass is 16.4. The van der Waals surface area contributed by atoms with Crippen molar-refractivity contribution in [2.24, 2.45) is 5.41 Å². The van der Waals surface area contributed by atoms with E-state index in [1.807, 2.05) is 13.8 Å². The van der Waals surface area contributed by atoms with Gasteiger partial charge in [0.15, 0.2) is 0 Å². The van der Waals surface area contributed by atoms with Gasteiger partial charge in [-0.3, -0.25) is 4.79 Å². The molecule has 18 heavy (non-hydrogen) atoms. The first-order chi connectivity index (χ1) is 8.46. The standard InChI is InChI=1S/C13H20N2O3/c1-13(2,8-11(16)17)7-10-14-15-12(18-10)9-5-3-4-6-9/h9H,3-8H2,1-2H3,(H,16,17). The summed E-state index contributed by atoms with van der Waals surface area (Å²) in [5, 5.41) is 17.0. The number of hydrogen-bond acceptors (Lipinski definition) is 4. The topological polar surface area (TPSA) is 76.2 Å². The number of carbonyl (C=O) groups is 1. The summed E-state index contributed by atoms with van der Waals surface area (Å²) in [6.45, 7) is 3.81. The van der Waals surface area contributed by atoms with Crippen molar-refractivity contribution in [2.45, 2.75) is 58.3 Å². The lowest BCUT2D eigenvalue weighted by molar-refractivity contribution is -0.139. The van der Waals surface area contributed by atoms with Crippen LogP contribution in [0, 0.1) is 5.41 Å². The minimum atomic E-state index is -0.796. The van der Waals surface area contributed by atoms with Crippen LogP contribution < -0.4 is 0 Å². The van der Waals surface area contributed by atoms with Gasteiger partial charge in [0, 0.05) is 12.3 Å². The highest BCUT2D eigenvalue weighted by molar-refractivity contribution is 5.67. The van der Waals surface area contributed by atoms with Crippen LogP contribution in [0.2, 0.25) is 0 Å². The molecule has 1 aromatic heterocycles. The smallest absolute Gasteiger partial charge is 0.303 e. The van der Waals surface area contributed by atoms with Crippen molar-refractivity contribution in [3.63, 3.8) is 0 Å². The number of rotatable bonds is 5. The molecule has 1 heterocycles. The van der Waals surface area contributed by atoms with Crippen LogP contribution in [0.15, 0.2) is 4.42 Å². The van der Waals surface area contributed by atoms with Gasteiger partial charge in [-0.2, -0.15) is 0 Å². The minimum absolute atomic E-state index is 0.105. The number of nitrogens with zero attached hydrogens (tertiary/aromatic N) is 2. The van der Waals surface area contributed by atoms with Crippen LogP contribution in [0.3, 0.4) is 0 Å². The molecular weight excluding hydrogens is 232 g/mol. The average Bonchev–Trinajstić information content (AvgIpc) is 2.82. The summed E-state index contributed by atoms with van der Waals surface area (Å²) >= 11 is 0. The Balaban J connectivity index is 1.99. The zero-order valence-corrected chi connectivity index (χ0v) is 11.0. The Morgan fingerprint density at radius 3 is 2.67 bits per heavy atom. The minimum Gasteiger partial charge on any atom is -0.481 e. The van der Waals surface area contributed by atoms with Crippen molar-refractivity contribution in [3.05, 3.63) is 11.8 Å². The van der Waals surface area contributed by atoms with Crippen LogP contribution in [-0.4, -0.2) is 21.3 Å². The Morgan fingerprint density at radius 1 is 1.39 bits per heavy atom. The van der Waals surface area contributed by atoms with Crippen molar-refractivity contribution in [1.82, 2.24) is 10.2 Å². The van der Waals surface area contributed by atoms with Gasteiger partial charge < -0.3 is 9.52 Å². The molecule has 2 rings (SSSR count). The van der Waals surface area contributed by atoms with Crippen molar-refractivity contribution in [2.75, 3.05) is 0 Å². The Bertz CT molecular complexity index is 420. The first kappa shape index (κ1) is 13.1. The van der Waals surface area contributed by atoms with Gasteiger partial charge in [0.2, 0.25) is 11.8 Å². The zero-order chi connectivity index (χ0) is 13.2. The monoisotopic (exact) mass is 252 g/mol. The summed E-state index contributed by atoms with van der Waals surface area (Å²) in [6, 6.07) is 0. The first-order valence-electron chi connectivity index (χ1n) is 6.50. The van der Waals surface area contributed by atoms with Gasteiger partial charge in [0.25, 0.3) is 0 Å². The van der Waals surface area contributed by atoms with E-state index in [9.17, 15) is 4.79 Å². The molecule has 0 aromatic carbocycles. The molecule has 0 atom stereocenters. The quantitative estimate of drug-likeness (QED) is 0.872. The molecule has 100 valence electrons. The molecule has 0 amide bonds. The molecule has 1 saturated carbocycles. The molecule has 0 saturated heterocycles. The molecule has 1 N–H and O–H groups in total. The number of carboxylic acids is 1. The molecule has 5 nitrogen and oxygen atoms in total. The van der Waals surface area contributed by atoms with Crippen molar-refractivity contribution >= 4 is 5.97 Å². The van der Waals surface area contributed by atoms with Gasteiger partial charge in [-0.15, -0.1) is 10.2 Å².